The second-order valence-electron chi connectivity index (χ2n) is 18.4. The highest BCUT2D eigenvalue weighted by Crippen LogP contribution is 2.51. The summed E-state index contributed by atoms with van der Waals surface area (Å²) in [5.41, 5.74) is -2.06. The van der Waals surface area contributed by atoms with Crippen molar-refractivity contribution in [2.75, 3.05) is 34.5 Å². The number of benzene rings is 3. The molecule has 23 heteroatoms. The van der Waals surface area contributed by atoms with E-state index in [1.807, 2.05) is 111 Å². The lowest BCUT2D eigenvalue weighted by Crippen LogP contribution is -2.41. The van der Waals surface area contributed by atoms with Crippen LogP contribution < -0.4 is 32.0 Å². The number of halogens is 1. The Hall–Kier alpha value is -6.67. The third kappa shape index (κ3) is 11.9. The summed E-state index contributed by atoms with van der Waals surface area (Å²) < 4.78 is 77.7. The summed E-state index contributed by atoms with van der Waals surface area (Å²) in [5, 5.41) is 13.7. The van der Waals surface area contributed by atoms with Crippen LogP contribution in [0.4, 0.5) is 4.39 Å². The molecule has 2 aliphatic rings. The zero-order valence-electron chi connectivity index (χ0n) is 42.4. The maximum Gasteiger partial charge on any atom is 0.330 e. The van der Waals surface area contributed by atoms with Crippen LogP contribution in [0.15, 0.2) is 127 Å². The molecule has 2 fully saturated rings. The molecule has 5 heterocycles. The summed E-state index contributed by atoms with van der Waals surface area (Å²) in [5.74, 6) is 0.291. The first kappa shape index (κ1) is 54.6. The van der Waals surface area contributed by atoms with Crippen molar-refractivity contribution in [3.63, 3.8) is 0 Å². The fourth-order valence-corrected chi connectivity index (χ4v) is 11.4. The first-order valence-corrected chi connectivity index (χ1v) is 25.5. The topological polar surface area (TPSA) is 250 Å². The van der Waals surface area contributed by atoms with Crippen molar-refractivity contribution in [1.82, 2.24) is 33.9 Å². The Morgan fingerprint density at radius 3 is 1.85 bits per heavy atom. The maximum atomic E-state index is 17.4. The number of ether oxygens (including phenoxy) is 6. The van der Waals surface area contributed by atoms with Gasteiger partial charge in [0.2, 0.25) is 5.89 Å². The second-order valence-corrected chi connectivity index (χ2v) is 19.8. The standard InChI is InChI=1S/C52H60FN8O13P/c1-31(2)61(32(3)4)75(70-27-11-24-54)74-46-39(71-49(47(46)68-7)60-26-23-43(63)57-51(60)65)29-41-55-44(73-58-41)28-38-40(72-48(45(38)53)59-25-22-42(62)56-50(59)64)30-69-52(33-12-9-8-10-13-33,34-14-18-36(66-5)19-15-34)35-16-20-37(67-6)21-17-35/h8-10,12-23,25-26,31-32,38-40,45-49H,11,27-30H2,1-7H3,(H,56,62,64)(H,57,63,65)/t38-,39-,40-,45-,46-,47-,48-,49-,75?/m1/s1. The lowest BCUT2D eigenvalue weighted by molar-refractivity contribution is -0.0877. The normalized spacial score (nSPS) is 22.2. The molecule has 0 radical (unpaired) electrons. The number of nitrogens with zero attached hydrogens (tertiary/aromatic N) is 6. The van der Waals surface area contributed by atoms with Crippen molar-refractivity contribution in [3.8, 4) is 17.6 Å². The van der Waals surface area contributed by atoms with Crippen LogP contribution in [0.5, 0.6) is 11.5 Å². The number of aromatic nitrogens is 6. The number of H-pyrrole nitrogens is 2. The first-order chi connectivity index (χ1) is 36.2. The quantitative estimate of drug-likeness (QED) is 0.0443. The molecule has 398 valence electrons. The van der Waals surface area contributed by atoms with Crippen LogP contribution in [0, 0.1) is 17.2 Å². The predicted molar refractivity (Wildman–Crippen MR) is 270 cm³/mol. The van der Waals surface area contributed by atoms with Crippen molar-refractivity contribution in [2.45, 2.75) is 108 Å². The van der Waals surface area contributed by atoms with Crippen molar-refractivity contribution in [2.24, 2.45) is 5.92 Å². The molecule has 2 saturated heterocycles. The molecule has 0 bridgehead atoms. The highest BCUT2D eigenvalue weighted by molar-refractivity contribution is 7.44. The second kappa shape index (κ2) is 24.3. The van der Waals surface area contributed by atoms with E-state index in [4.69, 9.17) is 47.0 Å². The number of methoxy groups -OCH3 is 3. The van der Waals surface area contributed by atoms with Crippen LogP contribution in [0.1, 0.15) is 75.0 Å². The van der Waals surface area contributed by atoms with Crippen LogP contribution in [-0.4, -0.2) is 111 Å². The number of rotatable bonds is 23. The molecule has 1 unspecified atom stereocenters. The Morgan fingerprint density at radius 1 is 0.760 bits per heavy atom. The van der Waals surface area contributed by atoms with Gasteiger partial charge in [-0.2, -0.15) is 10.2 Å². The number of nitrogens with one attached hydrogen (secondary N) is 2. The van der Waals surface area contributed by atoms with Gasteiger partial charge in [-0.15, -0.1) is 0 Å². The largest absolute Gasteiger partial charge is 0.497 e. The number of aromatic amines is 2. The van der Waals surface area contributed by atoms with Crippen molar-refractivity contribution >= 4 is 8.53 Å². The van der Waals surface area contributed by atoms with Gasteiger partial charge in [0, 0.05) is 62.5 Å². The van der Waals surface area contributed by atoms with Crippen molar-refractivity contribution < 1.29 is 46.4 Å². The van der Waals surface area contributed by atoms with Gasteiger partial charge in [0.15, 0.2) is 24.5 Å². The zero-order chi connectivity index (χ0) is 53.4. The van der Waals surface area contributed by atoms with Crippen molar-refractivity contribution in [3.05, 3.63) is 173 Å². The number of hydrogen-bond donors (Lipinski definition) is 2. The van der Waals surface area contributed by atoms with Gasteiger partial charge in [0.25, 0.3) is 19.6 Å². The Labute approximate surface area is 432 Å². The van der Waals surface area contributed by atoms with Gasteiger partial charge in [-0.25, -0.2) is 18.6 Å². The van der Waals surface area contributed by atoms with Crippen LogP contribution in [0.3, 0.4) is 0 Å². The van der Waals surface area contributed by atoms with E-state index in [1.54, 1.807) is 14.2 Å². The van der Waals surface area contributed by atoms with Gasteiger partial charge in [-0.05, 0) is 68.7 Å². The van der Waals surface area contributed by atoms with E-state index in [0.29, 0.717) is 22.6 Å². The third-order valence-corrected chi connectivity index (χ3v) is 15.2. The summed E-state index contributed by atoms with van der Waals surface area (Å²) in [6.07, 6.45) is -6.10. The molecule has 2 aliphatic heterocycles. The summed E-state index contributed by atoms with van der Waals surface area (Å²) in [6, 6.07) is 28.6. The molecule has 2 N–H and O–H groups in total. The Bertz CT molecular complexity index is 3050. The van der Waals surface area contributed by atoms with E-state index in [0.717, 1.165) is 16.2 Å². The van der Waals surface area contributed by atoms with Crippen LogP contribution >= 0.6 is 8.53 Å². The molecule has 0 spiro atoms. The Kier molecular flexibility index (Phi) is 17.7. The lowest BCUT2D eigenvalue weighted by atomic mass is 9.80. The van der Waals surface area contributed by atoms with Crippen LogP contribution in [-0.2, 0) is 46.4 Å². The molecule has 75 heavy (non-hydrogen) atoms. The Morgan fingerprint density at radius 2 is 1.32 bits per heavy atom. The summed E-state index contributed by atoms with van der Waals surface area (Å²) in [6.45, 7) is 7.79. The third-order valence-electron chi connectivity index (χ3n) is 13.1. The zero-order valence-corrected chi connectivity index (χ0v) is 43.3. The predicted octanol–water partition coefficient (Wildman–Crippen LogP) is 5.71. The van der Waals surface area contributed by atoms with E-state index in [9.17, 15) is 24.4 Å². The van der Waals surface area contributed by atoms with Crippen molar-refractivity contribution in [1.29, 1.82) is 5.26 Å². The van der Waals surface area contributed by atoms with Crippen LogP contribution in [0.25, 0.3) is 0 Å². The van der Waals surface area contributed by atoms with E-state index in [1.165, 1.54) is 30.1 Å². The van der Waals surface area contributed by atoms with Gasteiger partial charge in [-0.1, -0.05) is 59.8 Å². The molecule has 3 aromatic carbocycles. The van der Waals surface area contributed by atoms with E-state index in [2.05, 4.69) is 21.2 Å². The summed E-state index contributed by atoms with van der Waals surface area (Å²) >= 11 is 0. The number of alkyl halides is 1. The fourth-order valence-electron chi connectivity index (χ4n) is 9.64. The molecule has 6 aromatic rings. The number of hydrogen-bond acceptors (Lipinski definition) is 17. The molecule has 21 nitrogen and oxygen atoms in total. The minimum atomic E-state index is -1.88. The SMILES string of the molecule is COc1ccc(C(OC[C@H]2O[C@@H](n3ccc(=O)[nH]c3=O)[C@H](F)[C@@H]2Cc2nc(C[C@H]3O[C@@H](n4ccc(=O)[nH]c4=O)[C@H](OC)[C@@H]3OP(OCCC#N)N(C(C)C)C(C)C)no2)(c2ccccc2)c2ccc(OC)cc2)cc1. The molecular weight excluding hydrogens is 995 g/mol. The number of nitriles is 1. The minimum Gasteiger partial charge on any atom is -0.497 e. The monoisotopic (exact) mass is 1050 g/mol. The molecule has 8 rings (SSSR count). The van der Waals surface area contributed by atoms with Crippen LogP contribution in [0.2, 0.25) is 0 Å². The maximum absolute atomic E-state index is 17.4. The van der Waals surface area contributed by atoms with Gasteiger partial charge in [0.05, 0.1) is 52.1 Å². The highest BCUT2D eigenvalue weighted by atomic mass is 31.2. The molecule has 0 aliphatic carbocycles. The molecular formula is C52H60FN8O13P. The minimum absolute atomic E-state index is 0.0142. The fraction of sp³-hybridized carbons (Fsp3) is 0.442. The molecule has 0 amide bonds. The molecule has 9 atom stereocenters. The highest BCUT2D eigenvalue weighted by Gasteiger charge is 2.52. The summed E-state index contributed by atoms with van der Waals surface area (Å²) in [7, 11) is 2.71. The Balaban J connectivity index is 1.14. The van der Waals surface area contributed by atoms with E-state index in [-0.39, 0.29) is 56.3 Å². The van der Waals surface area contributed by atoms with Gasteiger partial charge >= 0.3 is 11.4 Å². The van der Waals surface area contributed by atoms with E-state index < -0.39 is 85.6 Å². The van der Waals surface area contributed by atoms with Gasteiger partial charge in [0.1, 0.15) is 29.3 Å². The molecule has 3 aromatic heterocycles. The lowest BCUT2D eigenvalue weighted by Gasteiger charge is -2.38. The van der Waals surface area contributed by atoms with E-state index >= 15 is 4.39 Å². The smallest absolute Gasteiger partial charge is 0.330 e. The first-order valence-electron chi connectivity index (χ1n) is 24.3. The van der Waals surface area contributed by atoms with Gasteiger partial charge < -0.3 is 42.0 Å². The molecule has 0 saturated carbocycles. The average Bonchev–Trinajstić information content (AvgIpc) is 4.09. The average molecular weight is 1060 g/mol. The summed E-state index contributed by atoms with van der Waals surface area (Å²) in [4.78, 5) is 59.9. The van der Waals surface area contributed by atoms with Gasteiger partial charge in [-0.3, -0.25) is 28.7 Å².